The minimum Gasteiger partial charge on any atom is -0.316 e. The van der Waals surface area contributed by atoms with E-state index in [9.17, 15) is 8.42 Å². The van der Waals surface area contributed by atoms with Gasteiger partial charge in [-0.3, -0.25) is 0 Å². The molecule has 0 amide bonds. The van der Waals surface area contributed by atoms with Gasteiger partial charge in [0.25, 0.3) is 10.0 Å². The van der Waals surface area contributed by atoms with Crippen LogP contribution in [0.3, 0.4) is 0 Å². The molecule has 4 nitrogen and oxygen atoms in total. The molecule has 0 fully saturated rings. The van der Waals surface area contributed by atoms with E-state index in [2.05, 4.69) is 10.5 Å². The molecule has 0 aliphatic heterocycles. The van der Waals surface area contributed by atoms with Crippen molar-refractivity contribution in [3.63, 3.8) is 0 Å². The first kappa shape index (κ1) is 17.3. The number of nitrogens with zero attached hydrogens (tertiary/aromatic N) is 2. The van der Waals surface area contributed by atoms with Crippen molar-refractivity contribution < 1.29 is 8.42 Å². The summed E-state index contributed by atoms with van der Waals surface area (Å²) in [5.74, 6) is 0. The third-order valence-electron chi connectivity index (χ3n) is 3.72. The zero-order valence-corrected chi connectivity index (χ0v) is 16.1. The minimum atomic E-state index is -3.72. The van der Waals surface area contributed by atoms with E-state index in [1.54, 1.807) is 36.0 Å². The molecule has 0 radical (unpaired) electrons. The molecule has 3 aromatic rings. The molecule has 24 heavy (non-hydrogen) atoms. The van der Waals surface area contributed by atoms with Gasteiger partial charge in [0.05, 0.1) is 15.1 Å². The molecule has 0 bridgehead atoms. The maximum absolute atomic E-state index is 12.6. The van der Waals surface area contributed by atoms with Crippen LogP contribution in [0.15, 0.2) is 56.7 Å². The summed E-state index contributed by atoms with van der Waals surface area (Å²) in [4.78, 5) is 1.88. The van der Waals surface area contributed by atoms with Crippen molar-refractivity contribution in [2.45, 2.75) is 30.2 Å². The number of sulfonamides is 1. The SMILES string of the molecule is CCn1/c(=N/S(=O)(=O)c2ccc(C)cc2)sc2cc(SC)ccc21. The smallest absolute Gasteiger partial charge is 0.285 e. The molecule has 2 aromatic carbocycles. The average Bonchev–Trinajstić information content (AvgIpc) is 2.90. The monoisotopic (exact) mass is 378 g/mol. The van der Waals surface area contributed by atoms with Crippen LogP contribution in [0.25, 0.3) is 10.2 Å². The number of hydrogen-bond acceptors (Lipinski definition) is 4. The molecule has 0 aliphatic rings. The van der Waals surface area contributed by atoms with Crippen LogP contribution in [0.1, 0.15) is 12.5 Å². The summed E-state index contributed by atoms with van der Waals surface area (Å²) in [7, 11) is -3.72. The Bertz CT molecular complexity index is 1050. The first-order chi connectivity index (χ1) is 11.4. The van der Waals surface area contributed by atoms with Crippen molar-refractivity contribution in [1.29, 1.82) is 0 Å². The lowest BCUT2D eigenvalue weighted by molar-refractivity contribution is 0.595. The Hall–Kier alpha value is -1.57. The fraction of sp³-hybridized carbons (Fsp3) is 0.235. The number of thiazole rings is 1. The molecule has 126 valence electrons. The molecule has 0 unspecified atom stereocenters. The Morgan fingerprint density at radius 2 is 1.88 bits per heavy atom. The zero-order valence-electron chi connectivity index (χ0n) is 13.7. The summed E-state index contributed by atoms with van der Waals surface area (Å²) in [5, 5.41) is 0. The van der Waals surface area contributed by atoms with Crippen LogP contribution >= 0.6 is 23.1 Å². The van der Waals surface area contributed by atoms with Crippen molar-refractivity contribution in [2.24, 2.45) is 4.40 Å². The number of aromatic nitrogens is 1. The van der Waals surface area contributed by atoms with E-state index in [1.807, 2.05) is 36.8 Å². The Kier molecular flexibility index (Phi) is 4.85. The quantitative estimate of drug-likeness (QED) is 0.644. The summed E-state index contributed by atoms with van der Waals surface area (Å²) in [6, 6.07) is 12.9. The maximum atomic E-state index is 12.6. The normalized spacial score (nSPS) is 12.9. The number of benzene rings is 2. The molecule has 1 aromatic heterocycles. The van der Waals surface area contributed by atoms with Gasteiger partial charge < -0.3 is 4.57 Å². The number of fused-ring (bicyclic) bond motifs is 1. The first-order valence-electron chi connectivity index (χ1n) is 7.49. The fourth-order valence-corrected chi connectivity index (χ4v) is 5.27. The van der Waals surface area contributed by atoms with Gasteiger partial charge in [0.1, 0.15) is 0 Å². The van der Waals surface area contributed by atoms with Gasteiger partial charge in [-0.25, -0.2) is 0 Å². The average molecular weight is 379 g/mol. The Morgan fingerprint density at radius 1 is 1.17 bits per heavy atom. The summed E-state index contributed by atoms with van der Waals surface area (Å²) < 4.78 is 32.3. The molecule has 0 saturated heterocycles. The lowest BCUT2D eigenvalue weighted by atomic mass is 10.2. The van der Waals surface area contributed by atoms with Gasteiger partial charge in [-0.2, -0.15) is 8.42 Å². The van der Waals surface area contributed by atoms with E-state index in [-0.39, 0.29) is 4.90 Å². The zero-order chi connectivity index (χ0) is 17.3. The van der Waals surface area contributed by atoms with Crippen LogP contribution in [0.5, 0.6) is 0 Å². The standard InChI is InChI=1S/C17H18N2O2S3/c1-4-19-15-10-7-13(22-3)11-16(15)23-17(19)18-24(20,21)14-8-5-12(2)6-9-14/h5-11H,4H2,1-3H3/b18-17-. The molecule has 0 aliphatic carbocycles. The second kappa shape index (κ2) is 6.74. The molecular formula is C17H18N2O2S3. The van der Waals surface area contributed by atoms with Crippen LogP contribution in [-0.4, -0.2) is 19.2 Å². The summed E-state index contributed by atoms with van der Waals surface area (Å²) in [6.45, 7) is 4.58. The lowest BCUT2D eigenvalue weighted by Crippen LogP contribution is -2.16. The van der Waals surface area contributed by atoms with Gasteiger partial charge in [0, 0.05) is 11.4 Å². The van der Waals surface area contributed by atoms with E-state index >= 15 is 0 Å². The van der Waals surface area contributed by atoms with Gasteiger partial charge in [-0.15, -0.1) is 16.2 Å². The summed E-state index contributed by atoms with van der Waals surface area (Å²) in [6.07, 6.45) is 2.02. The molecule has 1 heterocycles. The molecule has 0 spiro atoms. The van der Waals surface area contributed by atoms with Crippen LogP contribution in [0, 0.1) is 6.92 Å². The van der Waals surface area contributed by atoms with Gasteiger partial charge in [-0.1, -0.05) is 29.0 Å². The second-order valence-electron chi connectivity index (χ2n) is 5.34. The van der Waals surface area contributed by atoms with Gasteiger partial charge >= 0.3 is 0 Å². The predicted molar refractivity (Wildman–Crippen MR) is 101 cm³/mol. The van der Waals surface area contributed by atoms with E-state index in [0.29, 0.717) is 11.3 Å². The van der Waals surface area contributed by atoms with Crippen LogP contribution in [-0.2, 0) is 16.6 Å². The third kappa shape index (κ3) is 3.29. The van der Waals surface area contributed by atoms with E-state index in [1.165, 1.54) is 11.3 Å². The third-order valence-corrected chi connectivity index (χ3v) is 6.89. The van der Waals surface area contributed by atoms with Gasteiger partial charge in [0.15, 0.2) is 0 Å². The first-order valence-corrected chi connectivity index (χ1v) is 11.0. The summed E-state index contributed by atoms with van der Waals surface area (Å²) >= 11 is 3.07. The van der Waals surface area contributed by atoms with Crippen LogP contribution in [0.2, 0.25) is 0 Å². The Balaban J connectivity index is 2.20. The predicted octanol–water partition coefficient (Wildman–Crippen LogP) is 4.04. The van der Waals surface area contributed by atoms with Crippen LogP contribution < -0.4 is 4.80 Å². The number of thioether (sulfide) groups is 1. The highest BCUT2D eigenvalue weighted by Crippen LogP contribution is 2.24. The topological polar surface area (TPSA) is 51.4 Å². The van der Waals surface area contributed by atoms with E-state index < -0.39 is 10.0 Å². The Morgan fingerprint density at radius 3 is 2.50 bits per heavy atom. The molecule has 0 N–H and O–H groups in total. The van der Waals surface area contributed by atoms with Crippen molar-refractivity contribution in [3.8, 4) is 0 Å². The highest BCUT2D eigenvalue weighted by Gasteiger charge is 2.14. The molecule has 0 saturated carbocycles. The fourth-order valence-electron chi connectivity index (χ4n) is 2.42. The lowest BCUT2D eigenvalue weighted by Gasteiger charge is -2.02. The molecule has 0 atom stereocenters. The van der Waals surface area contributed by atoms with Crippen molar-refractivity contribution >= 4 is 43.3 Å². The van der Waals surface area contributed by atoms with Crippen molar-refractivity contribution in [3.05, 3.63) is 52.8 Å². The van der Waals surface area contributed by atoms with Gasteiger partial charge in [0.2, 0.25) is 4.80 Å². The molecular weight excluding hydrogens is 360 g/mol. The second-order valence-corrected chi connectivity index (χ2v) is 8.83. The summed E-state index contributed by atoms with van der Waals surface area (Å²) in [5.41, 5.74) is 2.03. The highest BCUT2D eigenvalue weighted by atomic mass is 32.2. The van der Waals surface area contributed by atoms with E-state index in [4.69, 9.17) is 0 Å². The van der Waals surface area contributed by atoms with Crippen molar-refractivity contribution in [1.82, 2.24) is 4.57 Å². The highest BCUT2D eigenvalue weighted by molar-refractivity contribution is 7.98. The van der Waals surface area contributed by atoms with Gasteiger partial charge in [-0.05, 0) is 50.4 Å². The largest absolute Gasteiger partial charge is 0.316 e. The van der Waals surface area contributed by atoms with Crippen LogP contribution in [0.4, 0.5) is 0 Å². The van der Waals surface area contributed by atoms with E-state index in [0.717, 1.165) is 20.7 Å². The van der Waals surface area contributed by atoms with Crippen molar-refractivity contribution in [2.75, 3.05) is 6.26 Å². The molecule has 7 heteroatoms. The minimum absolute atomic E-state index is 0.220. The molecule has 3 rings (SSSR count). The number of aryl methyl sites for hydroxylation is 2. The Labute approximate surface area is 149 Å². The number of hydrogen-bond donors (Lipinski definition) is 0. The number of rotatable bonds is 4. The maximum Gasteiger partial charge on any atom is 0.285 e.